The van der Waals surface area contributed by atoms with Crippen molar-refractivity contribution in [1.82, 2.24) is 9.78 Å². The number of aromatic hydroxyl groups is 1. The van der Waals surface area contributed by atoms with Gasteiger partial charge in [-0.3, -0.25) is 14.8 Å². The second-order valence-electron chi connectivity index (χ2n) is 6.19. The van der Waals surface area contributed by atoms with Crippen molar-refractivity contribution >= 4 is 28.7 Å². The molecule has 1 aromatic carbocycles. The van der Waals surface area contributed by atoms with Crippen molar-refractivity contribution in [2.45, 2.75) is 39.8 Å². The Labute approximate surface area is 139 Å². The lowest BCUT2D eigenvalue weighted by Gasteiger charge is -2.19. The van der Waals surface area contributed by atoms with Gasteiger partial charge in [-0.25, -0.2) is 4.79 Å². The van der Waals surface area contributed by atoms with Crippen LogP contribution < -0.4 is 5.32 Å². The van der Waals surface area contributed by atoms with Gasteiger partial charge in [-0.15, -0.1) is 0 Å². The average molecular weight is 335 g/mol. The molecule has 0 spiro atoms. The lowest BCUT2D eigenvalue weighted by molar-refractivity contribution is -0.144. The van der Waals surface area contributed by atoms with Gasteiger partial charge < -0.3 is 14.6 Å². The molecule has 0 saturated heterocycles. The Bertz CT molecular complexity index is 761. The van der Waals surface area contributed by atoms with Crippen molar-refractivity contribution in [3.8, 4) is 5.75 Å². The summed E-state index contributed by atoms with van der Waals surface area (Å²) in [4.78, 5) is 23.3. The van der Waals surface area contributed by atoms with Crippen LogP contribution >= 0.6 is 0 Å². The van der Waals surface area contributed by atoms with E-state index in [1.165, 1.54) is 10.7 Å². The van der Waals surface area contributed by atoms with Gasteiger partial charge in [0, 0.05) is 17.6 Å². The number of benzene rings is 1. The minimum Gasteiger partial charge on any atom is -0.506 e. The summed E-state index contributed by atoms with van der Waals surface area (Å²) < 4.78 is 11.4. The number of fused-ring (bicyclic) bond motifs is 1. The smallest absolute Gasteiger partial charge is 0.412 e. The van der Waals surface area contributed by atoms with Gasteiger partial charge >= 0.3 is 12.1 Å². The molecular weight excluding hydrogens is 314 g/mol. The van der Waals surface area contributed by atoms with Crippen LogP contribution in [0.15, 0.2) is 18.3 Å². The molecule has 8 nitrogen and oxygen atoms in total. The van der Waals surface area contributed by atoms with E-state index < -0.39 is 17.7 Å². The van der Waals surface area contributed by atoms with Crippen molar-refractivity contribution in [1.29, 1.82) is 0 Å². The SMILES string of the molecule is CCOC(=O)Cn1cc2cc(NC(=O)OC(C)(C)C)c(O)cc2n1. The molecule has 2 aromatic rings. The molecule has 0 saturated carbocycles. The molecule has 1 aromatic heterocycles. The maximum Gasteiger partial charge on any atom is 0.412 e. The maximum absolute atomic E-state index is 11.8. The van der Waals surface area contributed by atoms with Crippen molar-refractivity contribution in [3.05, 3.63) is 18.3 Å². The van der Waals surface area contributed by atoms with Crippen molar-refractivity contribution < 1.29 is 24.2 Å². The van der Waals surface area contributed by atoms with E-state index in [-0.39, 0.29) is 18.0 Å². The van der Waals surface area contributed by atoms with Gasteiger partial charge in [0.1, 0.15) is 17.9 Å². The summed E-state index contributed by atoms with van der Waals surface area (Å²) in [6.07, 6.45) is 0.961. The number of carbonyl (C=O) groups excluding carboxylic acids is 2. The van der Waals surface area contributed by atoms with Crippen LogP contribution in [0.1, 0.15) is 27.7 Å². The van der Waals surface area contributed by atoms with E-state index in [1.54, 1.807) is 40.0 Å². The predicted octanol–water partition coefficient (Wildman–Crippen LogP) is 2.65. The van der Waals surface area contributed by atoms with E-state index in [2.05, 4.69) is 10.4 Å². The molecule has 24 heavy (non-hydrogen) atoms. The predicted molar refractivity (Wildman–Crippen MR) is 87.9 cm³/mol. The molecule has 1 amide bonds. The monoisotopic (exact) mass is 335 g/mol. The van der Waals surface area contributed by atoms with Crippen LogP contribution in [0, 0.1) is 0 Å². The zero-order valence-corrected chi connectivity index (χ0v) is 14.1. The summed E-state index contributed by atoms with van der Waals surface area (Å²) in [5, 5.41) is 17.4. The molecule has 0 aliphatic heterocycles. The zero-order valence-electron chi connectivity index (χ0n) is 14.1. The number of phenolic OH excluding ortho intramolecular Hbond substituents is 1. The molecular formula is C16H21N3O5. The molecule has 0 bridgehead atoms. The normalized spacial score (nSPS) is 11.3. The molecule has 130 valence electrons. The van der Waals surface area contributed by atoms with E-state index in [9.17, 15) is 14.7 Å². The number of phenols is 1. The summed E-state index contributed by atoms with van der Waals surface area (Å²) in [7, 11) is 0. The van der Waals surface area contributed by atoms with Crippen molar-refractivity contribution in [2.75, 3.05) is 11.9 Å². The fourth-order valence-corrected chi connectivity index (χ4v) is 2.05. The van der Waals surface area contributed by atoms with Gasteiger partial charge in [-0.05, 0) is 33.8 Å². The van der Waals surface area contributed by atoms with Gasteiger partial charge in [0.15, 0.2) is 0 Å². The molecule has 8 heteroatoms. The maximum atomic E-state index is 11.8. The topological polar surface area (TPSA) is 103 Å². The highest BCUT2D eigenvalue weighted by Gasteiger charge is 2.18. The molecule has 0 radical (unpaired) electrons. The van der Waals surface area contributed by atoms with Crippen LogP contribution in [0.4, 0.5) is 10.5 Å². The summed E-state index contributed by atoms with van der Waals surface area (Å²) in [6, 6.07) is 2.97. The van der Waals surface area contributed by atoms with Crippen LogP contribution in [-0.2, 0) is 20.8 Å². The third-order valence-electron chi connectivity index (χ3n) is 2.90. The van der Waals surface area contributed by atoms with E-state index in [0.29, 0.717) is 17.5 Å². The molecule has 1 heterocycles. The number of rotatable bonds is 4. The first-order chi connectivity index (χ1) is 11.2. The van der Waals surface area contributed by atoms with E-state index in [0.717, 1.165) is 0 Å². The zero-order chi connectivity index (χ0) is 17.9. The molecule has 0 aliphatic rings. The van der Waals surface area contributed by atoms with Crippen molar-refractivity contribution in [3.63, 3.8) is 0 Å². The Morgan fingerprint density at radius 1 is 1.33 bits per heavy atom. The highest BCUT2D eigenvalue weighted by atomic mass is 16.6. The van der Waals surface area contributed by atoms with Crippen molar-refractivity contribution in [2.24, 2.45) is 0 Å². The Kier molecular flexibility index (Phi) is 4.96. The number of hydrogen-bond donors (Lipinski definition) is 2. The largest absolute Gasteiger partial charge is 0.506 e. The van der Waals surface area contributed by atoms with Crippen LogP contribution in [0.5, 0.6) is 5.75 Å². The number of ether oxygens (including phenoxy) is 2. The Morgan fingerprint density at radius 2 is 2.04 bits per heavy atom. The molecule has 0 fully saturated rings. The first kappa shape index (κ1) is 17.6. The first-order valence-corrected chi connectivity index (χ1v) is 7.53. The van der Waals surface area contributed by atoms with Crippen LogP contribution in [0.2, 0.25) is 0 Å². The van der Waals surface area contributed by atoms with Gasteiger partial charge in [-0.1, -0.05) is 0 Å². The lowest BCUT2D eigenvalue weighted by Crippen LogP contribution is -2.27. The van der Waals surface area contributed by atoms with Gasteiger partial charge in [0.2, 0.25) is 0 Å². The second kappa shape index (κ2) is 6.77. The minimum absolute atomic E-state index is 0.0297. The fraction of sp³-hybridized carbons (Fsp3) is 0.438. The van der Waals surface area contributed by atoms with Gasteiger partial charge in [0.05, 0.1) is 17.8 Å². The number of hydrogen-bond acceptors (Lipinski definition) is 6. The van der Waals surface area contributed by atoms with E-state index in [4.69, 9.17) is 9.47 Å². The van der Waals surface area contributed by atoms with Crippen LogP contribution in [0.3, 0.4) is 0 Å². The third kappa shape index (κ3) is 4.61. The number of nitrogens with one attached hydrogen (secondary N) is 1. The number of amides is 1. The number of nitrogens with zero attached hydrogens (tertiary/aromatic N) is 2. The van der Waals surface area contributed by atoms with Gasteiger partial charge in [-0.2, -0.15) is 5.10 Å². The fourth-order valence-electron chi connectivity index (χ4n) is 2.05. The second-order valence-corrected chi connectivity index (χ2v) is 6.19. The molecule has 0 atom stereocenters. The van der Waals surface area contributed by atoms with E-state index >= 15 is 0 Å². The number of carbonyl (C=O) groups is 2. The number of anilines is 1. The molecule has 0 unspecified atom stereocenters. The summed E-state index contributed by atoms with van der Waals surface area (Å²) in [6.45, 7) is 7.23. The van der Waals surface area contributed by atoms with Crippen LogP contribution in [0.25, 0.3) is 10.9 Å². The number of aromatic nitrogens is 2. The molecule has 2 rings (SSSR count). The standard InChI is InChI=1S/C16H21N3O5/c1-5-23-14(21)9-19-8-10-6-12(13(20)7-11(10)18-19)17-15(22)24-16(2,3)4/h6-8,20H,5,9H2,1-4H3,(H,17,22). The molecule has 0 aliphatic carbocycles. The number of esters is 1. The Balaban J connectivity index is 2.19. The van der Waals surface area contributed by atoms with Gasteiger partial charge in [0.25, 0.3) is 0 Å². The summed E-state index contributed by atoms with van der Waals surface area (Å²) in [5.74, 6) is -0.545. The Morgan fingerprint density at radius 3 is 2.67 bits per heavy atom. The van der Waals surface area contributed by atoms with E-state index in [1.807, 2.05) is 0 Å². The summed E-state index contributed by atoms with van der Waals surface area (Å²) in [5.41, 5.74) is 0.0490. The Hall–Kier alpha value is -2.77. The quantitative estimate of drug-likeness (QED) is 0.658. The highest BCUT2D eigenvalue weighted by Crippen LogP contribution is 2.29. The lowest BCUT2D eigenvalue weighted by atomic mass is 10.2. The van der Waals surface area contributed by atoms with Crippen LogP contribution in [-0.4, -0.2) is 39.2 Å². The minimum atomic E-state index is -0.670. The third-order valence-corrected chi connectivity index (χ3v) is 2.90. The first-order valence-electron chi connectivity index (χ1n) is 7.53. The highest BCUT2D eigenvalue weighted by molar-refractivity contribution is 5.92. The summed E-state index contributed by atoms with van der Waals surface area (Å²) >= 11 is 0. The average Bonchev–Trinajstić information content (AvgIpc) is 2.78. The molecule has 2 N–H and O–H groups in total.